The van der Waals surface area contributed by atoms with E-state index in [9.17, 15) is 13.2 Å². The Morgan fingerprint density at radius 3 is 2.56 bits per heavy atom. The number of alkyl halides is 3. The van der Waals surface area contributed by atoms with Gasteiger partial charge in [0.05, 0.1) is 0 Å². The number of nitrogens with one attached hydrogen (secondary N) is 1. The van der Waals surface area contributed by atoms with Gasteiger partial charge in [-0.3, -0.25) is 0 Å². The van der Waals surface area contributed by atoms with Crippen LogP contribution in [0.2, 0.25) is 0 Å². The topological polar surface area (TPSA) is 21.3 Å². The molecule has 5 heteroatoms. The molecule has 98 valence electrons. The molecule has 0 amide bonds. The summed E-state index contributed by atoms with van der Waals surface area (Å²) in [4.78, 5) is 0. The lowest BCUT2D eigenvalue weighted by molar-refractivity contribution is -0.274. The fourth-order valence-corrected chi connectivity index (χ4v) is 3.03. The predicted octanol–water partition coefficient (Wildman–Crippen LogP) is 2.84. The fourth-order valence-electron chi connectivity index (χ4n) is 3.03. The SMILES string of the molecule is FC(F)(F)Oc1ccc(C23CCNCC2C3)cc1. The molecule has 1 N–H and O–H groups in total. The second kappa shape index (κ2) is 3.88. The number of hydrogen-bond donors (Lipinski definition) is 1. The van der Waals surface area contributed by atoms with Crippen molar-refractivity contribution in [3.8, 4) is 5.75 Å². The van der Waals surface area contributed by atoms with Crippen molar-refractivity contribution in [3.05, 3.63) is 29.8 Å². The van der Waals surface area contributed by atoms with Crippen LogP contribution in [-0.4, -0.2) is 19.5 Å². The quantitative estimate of drug-likeness (QED) is 0.879. The molecule has 3 rings (SSSR count). The maximum atomic E-state index is 12.0. The van der Waals surface area contributed by atoms with E-state index in [1.165, 1.54) is 12.1 Å². The smallest absolute Gasteiger partial charge is 0.406 e. The summed E-state index contributed by atoms with van der Waals surface area (Å²) < 4.78 is 40.0. The average Bonchev–Trinajstić information content (AvgIpc) is 3.03. The first-order valence-electron chi connectivity index (χ1n) is 6.07. The Morgan fingerprint density at radius 1 is 1.22 bits per heavy atom. The summed E-state index contributed by atoms with van der Waals surface area (Å²) in [5.41, 5.74) is 1.35. The molecule has 18 heavy (non-hydrogen) atoms. The number of piperidine rings is 1. The first-order valence-corrected chi connectivity index (χ1v) is 6.07. The van der Waals surface area contributed by atoms with Crippen LogP contribution in [0.15, 0.2) is 24.3 Å². The van der Waals surface area contributed by atoms with Gasteiger partial charge in [-0.05, 0) is 49.5 Å². The minimum Gasteiger partial charge on any atom is -0.406 e. The van der Waals surface area contributed by atoms with Crippen molar-refractivity contribution in [1.82, 2.24) is 5.32 Å². The molecule has 1 aromatic carbocycles. The minimum absolute atomic E-state index is 0.145. The molecule has 2 fully saturated rings. The summed E-state index contributed by atoms with van der Waals surface area (Å²) in [6, 6.07) is 6.36. The Kier molecular flexibility index (Phi) is 2.55. The molecule has 2 unspecified atom stereocenters. The van der Waals surface area contributed by atoms with Gasteiger partial charge in [0.25, 0.3) is 0 Å². The van der Waals surface area contributed by atoms with Gasteiger partial charge in [-0.25, -0.2) is 0 Å². The highest BCUT2D eigenvalue weighted by atomic mass is 19.4. The van der Waals surface area contributed by atoms with Gasteiger partial charge in [0.2, 0.25) is 0 Å². The Hall–Kier alpha value is -1.23. The number of halogens is 3. The van der Waals surface area contributed by atoms with E-state index in [2.05, 4.69) is 10.1 Å². The van der Waals surface area contributed by atoms with Crippen molar-refractivity contribution in [1.29, 1.82) is 0 Å². The van der Waals surface area contributed by atoms with E-state index in [-0.39, 0.29) is 11.2 Å². The van der Waals surface area contributed by atoms with Gasteiger partial charge in [0.1, 0.15) is 5.75 Å². The van der Waals surface area contributed by atoms with Crippen LogP contribution in [0, 0.1) is 5.92 Å². The van der Waals surface area contributed by atoms with Gasteiger partial charge in [0.15, 0.2) is 0 Å². The molecular formula is C13H14F3NO. The third-order valence-corrected chi connectivity index (χ3v) is 4.03. The molecule has 1 heterocycles. The molecule has 1 aliphatic heterocycles. The third-order valence-electron chi connectivity index (χ3n) is 4.03. The molecule has 0 radical (unpaired) electrons. The summed E-state index contributed by atoms with van der Waals surface area (Å²) in [7, 11) is 0. The second-order valence-electron chi connectivity index (χ2n) is 5.08. The van der Waals surface area contributed by atoms with Crippen LogP contribution in [0.4, 0.5) is 13.2 Å². The molecule has 2 nitrogen and oxygen atoms in total. The molecular weight excluding hydrogens is 243 g/mol. The van der Waals surface area contributed by atoms with Crippen LogP contribution in [0.1, 0.15) is 18.4 Å². The fraction of sp³-hybridized carbons (Fsp3) is 0.538. The molecule has 1 saturated heterocycles. The zero-order valence-electron chi connectivity index (χ0n) is 9.76. The van der Waals surface area contributed by atoms with Crippen LogP contribution in [0.5, 0.6) is 5.75 Å². The first kappa shape index (κ1) is 11.8. The lowest BCUT2D eigenvalue weighted by Gasteiger charge is -2.23. The van der Waals surface area contributed by atoms with Crippen LogP contribution < -0.4 is 10.1 Å². The van der Waals surface area contributed by atoms with Gasteiger partial charge in [0, 0.05) is 5.41 Å². The van der Waals surface area contributed by atoms with E-state index in [4.69, 9.17) is 0 Å². The Balaban J connectivity index is 1.76. The second-order valence-corrected chi connectivity index (χ2v) is 5.08. The molecule has 2 aliphatic rings. The number of ether oxygens (including phenoxy) is 1. The lowest BCUT2D eigenvalue weighted by atomic mass is 9.88. The zero-order chi connectivity index (χ0) is 12.8. The monoisotopic (exact) mass is 257 g/mol. The number of rotatable bonds is 2. The van der Waals surface area contributed by atoms with Crippen molar-refractivity contribution >= 4 is 0 Å². The van der Waals surface area contributed by atoms with Crippen LogP contribution in [-0.2, 0) is 5.41 Å². The van der Waals surface area contributed by atoms with E-state index >= 15 is 0 Å². The van der Waals surface area contributed by atoms with Crippen LogP contribution >= 0.6 is 0 Å². The van der Waals surface area contributed by atoms with Gasteiger partial charge >= 0.3 is 6.36 Å². The molecule has 1 aromatic rings. The first-order chi connectivity index (χ1) is 8.50. The summed E-state index contributed by atoms with van der Waals surface area (Å²) in [6.45, 7) is 2.00. The third kappa shape index (κ3) is 2.07. The van der Waals surface area contributed by atoms with Crippen molar-refractivity contribution in [2.75, 3.05) is 13.1 Å². The van der Waals surface area contributed by atoms with Crippen LogP contribution in [0.3, 0.4) is 0 Å². The molecule has 0 spiro atoms. The highest BCUT2D eigenvalue weighted by molar-refractivity contribution is 5.38. The van der Waals surface area contributed by atoms with E-state index in [1.807, 2.05) is 0 Å². The van der Waals surface area contributed by atoms with Crippen molar-refractivity contribution < 1.29 is 17.9 Å². The maximum absolute atomic E-state index is 12.0. The molecule has 2 atom stereocenters. The Labute approximate surface area is 103 Å². The molecule has 0 aromatic heterocycles. The zero-order valence-corrected chi connectivity index (χ0v) is 9.76. The van der Waals surface area contributed by atoms with Crippen molar-refractivity contribution in [2.24, 2.45) is 5.92 Å². The normalized spacial score (nSPS) is 30.7. The lowest BCUT2D eigenvalue weighted by Crippen LogP contribution is -2.31. The summed E-state index contributed by atoms with van der Waals surface area (Å²) in [5.74, 6) is 0.495. The predicted molar refractivity (Wildman–Crippen MR) is 60.4 cm³/mol. The van der Waals surface area contributed by atoms with E-state index in [0.29, 0.717) is 5.92 Å². The number of hydrogen-bond acceptors (Lipinski definition) is 2. The summed E-state index contributed by atoms with van der Waals surface area (Å²) in [6.07, 6.45) is -2.41. The van der Waals surface area contributed by atoms with E-state index in [1.54, 1.807) is 12.1 Å². The van der Waals surface area contributed by atoms with Crippen LogP contribution in [0.25, 0.3) is 0 Å². The molecule has 1 saturated carbocycles. The van der Waals surface area contributed by atoms with Crippen molar-refractivity contribution in [2.45, 2.75) is 24.6 Å². The number of benzene rings is 1. The summed E-state index contributed by atoms with van der Waals surface area (Å²) >= 11 is 0. The number of fused-ring (bicyclic) bond motifs is 1. The largest absolute Gasteiger partial charge is 0.573 e. The highest BCUT2D eigenvalue weighted by Crippen LogP contribution is 2.57. The standard InChI is InChI=1S/C13H14F3NO/c14-13(15,16)18-11-3-1-9(2-4-11)12-5-6-17-8-10(12)7-12/h1-4,10,17H,5-8H2. The van der Waals surface area contributed by atoms with Gasteiger partial charge in [-0.2, -0.15) is 0 Å². The van der Waals surface area contributed by atoms with E-state index in [0.717, 1.165) is 31.5 Å². The average molecular weight is 257 g/mol. The molecule has 0 bridgehead atoms. The maximum Gasteiger partial charge on any atom is 0.573 e. The minimum atomic E-state index is -4.61. The summed E-state index contributed by atoms with van der Waals surface area (Å²) in [5, 5.41) is 3.34. The molecule has 1 aliphatic carbocycles. The Bertz CT molecular complexity index is 443. The van der Waals surface area contributed by atoms with Crippen molar-refractivity contribution in [3.63, 3.8) is 0 Å². The Morgan fingerprint density at radius 2 is 1.94 bits per heavy atom. The highest BCUT2D eigenvalue weighted by Gasteiger charge is 2.55. The van der Waals surface area contributed by atoms with E-state index < -0.39 is 6.36 Å². The van der Waals surface area contributed by atoms with Gasteiger partial charge in [-0.1, -0.05) is 12.1 Å². The van der Waals surface area contributed by atoms with Gasteiger partial charge < -0.3 is 10.1 Å². The van der Waals surface area contributed by atoms with Gasteiger partial charge in [-0.15, -0.1) is 13.2 Å².